The van der Waals surface area contributed by atoms with Crippen LogP contribution >= 0.6 is 34.8 Å². The Morgan fingerprint density at radius 1 is 1.04 bits per heavy atom. The van der Waals surface area contributed by atoms with Crippen molar-refractivity contribution in [2.75, 3.05) is 13.6 Å². The Morgan fingerprint density at radius 2 is 1.70 bits per heavy atom. The Labute approximate surface area is 152 Å². The van der Waals surface area contributed by atoms with E-state index in [0.29, 0.717) is 15.1 Å². The summed E-state index contributed by atoms with van der Waals surface area (Å²) in [6.07, 6.45) is 2.52. The van der Waals surface area contributed by atoms with Gasteiger partial charge < -0.3 is 4.90 Å². The van der Waals surface area contributed by atoms with Gasteiger partial charge in [0.1, 0.15) is 0 Å². The minimum atomic E-state index is 0.638. The number of aryl methyl sites for hydroxylation is 1. The fourth-order valence-corrected chi connectivity index (χ4v) is 2.98. The Bertz CT molecular complexity index is 706. The first-order valence-electron chi connectivity index (χ1n) is 7.37. The van der Waals surface area contributed by atoms with E-state index in [0.717, 1.165) is 35.3 Å². The zero-order chi connectivity index (χ0) is 17.0. The molecular weight excluding hydrogens is 351 g/mol. The highest BCUT2D eigenvalue weighted by Crippen LogP contribution is 2.30. The molecule has 2 aromatic carbocycles. The van der Waals surface area contributed by atoms with E-state index in [4.69, 9.17) is 34.8 Å². The maximum absolute atomic E-state index is 6.37. The number of halogens is 3. The van der Waals surface area contributed by atoms with Crippen LogP contribution in [0.1, 0.15) is 23.6 Å². The number of benzene rings is 2. The second kappa shape index (κ2) is 8.05. The summed E-state index contributed by atoms with van der Waals surface area (Å²) in [5.74, 6) is 0. The number of hydrogen-bond acceptors (Lipinski definition) is 1. The van der Waals surface area contributed by atoms with Gasteiger partial charge in [-0.3, -0.25) is 0 Å². The fourth-order valence-electron chi connectivity index (χ4n) is 2.17. The average Bonchev–Trinajstić information content (AvgIpc) is 2.47. The fraction of sp³-hybridized carbons (Fsp3) is 0.278. The predicted octanol–water partition coefficient (Wildman–Crippen LogP) is 6.16. The summed E-state index contributed by atoms with van der Waals surface area (Å²) in [5.41, 5.74) is 4.11. The number of aliphatic imine (C=N–C) groups is 1. The molecule has 5 heteroatoms. The minimum Gasteiger partial charge on any atom is -0.366 e. The lowest BCUT2D eigenvalue weighted by Crippen LogP contribution is -2.14. The van der Waals surface area contributed by atoms with Crippen molar-refractivity contribution in [3.8, 4) is 0 Å². The van der Waals surface area contributed by atoms with Gasteiger partial charge in [0, 0.05) is 23.6 Å². The Morgan fingerprint density at radius 3 is 2.30 bits per heavy atom. The van der Waals surface area contributed by atoms with Crippen molar-refractivity contribution in [1.82, 2.24) is 4.90 Å². The van der Waals surface area contributed by atoms with Gasteiger partial charge in [0.15, 0.2) is 0 Å². The Kier molecular flexibility index (Phi) is 6.34. The molecule has 0 heterocycles. The van der Waals surface area contributed by atoms with Crippen molar-refractivity contribution in [2.24, 2.45) is 4.99 Å². The summed E-state index contributed by atoms with van der Waals surface area (Å²) in [4.78, 5) is 6.43. The lowest BCUT2D eigenvalue weighted by molar-refractivity contribution is 0.552. The summed E-state index contributed by atoms with van der Waals surface area (Å²) in [5, 5.41) is 1.92. The van der Waals surface area contributed by atoms with E-state index in [9.17, 15) is 0 Å². The van der Waals surface area contributed by atoms with E-state index in [1.165, 1.54) is 0 Å². The minimum absolute atomic E-state index is 0.638. The van der Waals surface area contributed by atoms with Gasteiger partial charge in [-0.1, -0.05) is 34.8 Å². The molecule has 0 bridgehead atoms. The Hall–Kier alpha value is -1.22. The normalized spacial score (nSPS) is 11.2. The van der Waals surface area contributed by atoms with Crippen LogP contribution in [-0.4, -0.2) is 24.8 Å². The molecule has 0 saturated carbocycles. The van der Waals surface area contributed by atoms with Crippen molar-refractivity contribution in [2.45, 2.75) is 20.3 Å². The summed E-state index contributed by atoms with van der Waals surface area (Å²) in [6, 6.07) is 9.54. The Balaban J connectivity index is 2.27. The predicted molar refractivity (Wildman–Crippen MR) is 102 cm³/mol. The molecule has 0 aliphatic rings. The SMILES string of the molecule is CCN(C)/C=N\c1cc(C)c(Cc2cc(Cl)cc(Cl)c2)cc1Cl. The van der Waals surface area contributed by atoms with Crippen molar-refractivity contribution >= 4 is 46.8 Å². The number of hydrogen-bond donors (Lipinski definition) is 0. The first-order chi connectivity index (χ1) is 10.9. The van der Waals surface area contributed by atoms with Gasteiger partial charge in [-0.25, -0.2) is 4.99 Å². The largest absolute Gasteiger partial charge is 0.366 e. The van der Waals surface area contributed by atoms with E-state index < -0.39 is 0 Å². The van der Waals surface area contributed by atoms with E-state index in [2.05, 4.69) is 18.8 Å². The number of rotatable bonds is 5. The van der Waals surface area contributed by atoms with Gasteiger partial charge in [-0.15, -0.1) is 0 Å². The van der Waals surface area contributed by atoms with Crippen molar-refractivity contribution in [1.29, 1.82) is 0 Å². The molecule has 2 rings (SSSR count). The molecule has 0 unspecified atom stereocenters. The summed E-state index contributed by atoms with van der Waals surface area (Å²) in [7, 11) is 1.97. The van der Waals surface area contributed by atoms with Crippen LogP contribution in [0, 0.1) is 6.92 Å². The average molecular weight is 370 g/mol. The standard InChI is InChI=1S/C18H19Cl3N2/c1-4-23(3)11-22-18-5-12(2)14(9-17(18)21)6-13-7-15(19)10-16(20)8-13/h5,7-11H,4,6H2,1-3H3/b22-11-. The third-order valence-electron chi connectivity index (χ3n) is 3.62. The third-order valence-corrected chi connectivity index (χ3v) is 4.35. The van der Waals surface area contributed by atoms with Crippen LogP contribution in [0.3, 0.4) is 0 Å². The van der Waals surface area contributed by atoms with E-state index in [1.54, 1.807) is 12.4 Å². The number of nitrogens with zero attached hydrogens (tertiary/aromatic N) is 2. The molecular formula is C18H19Cl3N2. The zero-order valence-corrected chi connectivity index (χ0v) is 15.7. The van der Waals surface area contributed by atoms with Crippen LogP contribution in [0.25, 0.3) is 0 Å². The molecule has 0 aliphatic carbocycles. The quantitative estimate of drug-likeness (QED) is 0.455. The van der Waals surface area contributed by atoms with Crippen LogP contribution in [0.2, 0.25) is 15.1 Å². The van der Waals surface area contributed by atoms with Crippen LogP contribution < -0.4 is 0 Å². The van der Waals surface area contributed by atoms with Crippen molar-refractivity contribution < 1.29 is 0 Å². The highest BCUT2D eigenvalue weighted by Gasteiger charge is 2.07. The van der Waals surface area contributed by atoms with Crippen LogP contribution in [0.4, 0.5) is 5.69 Å². The molecule has 0 aromatic heterocycles. The van der Waals surface area contributed by atoms with Gasteiger partial charge in [0.05, 0.1) is 17.0 Å². The van der Waals surface area contributed by atoms with Gasteiger partial charge in [-0.05, 0) is 67.3 Å². The maximum Gasteiger partial charge on any atom is 0.0910 e. The second-order valence-electron chi connectivity index (χ2n) is 5.50. The molecule has 23 heavy (non-hydrogen) atoms. The lowest BCUT2D eigenvalue weighted by atomic mass is 10.00. The van der Waals surface area contributed by atoms with E-state index in [1.807, 2.05) is 36.2 Å². The molecule has 0 amide bonds. The molecule has 2 nitrogen and oxygen atoms in total. The summed E-state index contributed by atoms with van der Waals surface area (Å²) < 4.78 is 0. The molecule has 0 N–H and O–H groups in total. The second-order valence-corrected chi connectivity index (χ2v) is 6.78. The topological polar surface area (TPSA) is 15.6 Å². The molecule has 0 saturated heterocycles. The first-order valence-corrected chi connectivity index (χ1v) is 8.51. The van der Waals surface area contributed by atoms with Gasteiger partial charge in [0.25, 0.3) is 0 Å². The van der Waals surface area contributed by atoms with Crippen LogP contribution in [-0.2, 0) is 6.42 Å². The highest BCUT2D eigenvalue weighted by atomic mass is 35.5. The molecule has 0 aliphatic heterocycles. The van der Waals surface area contributed by atoms with Gasteiger partial charge in [-0.2, -0.15) is 0 Å². The molecule has 0 atom stereocenters. The van der Waals surface area contributed by atoms with Crippen molar-refractivity contribution in [3.05, 3.63) is 62.1 Å². The lowest BCUT2D eigenvalue weighted by Gasteiger charge is -2.11. The van der Waals surface area contributed by atoms with E-state index in [-0.39, 0.29) is 0 Å². The molecule has 122 valence electrons. The van der Waals surface area contributed by atoms with Crippen LogP contribution in [0.15, 0.2) is 35.3 Å². The molecule has 0 spiro atoms. The molecule has 2 aromatic rings. The third kappa shape index (κ3) is 5.13. The molecule has 0 radical (unpaired) electrons. The first kappa shape index (κ1) is 18.1. The van der Waals surface area contributed by atoms with Crippen molar-refractivity contribution in [3.63, 3.8) is 0 Å². The molecule has 0 fully saturated rings. The van der Waals surface area contributed by atoms with Gasteiger partial charge >= 0.3 is 0 Å². The smallest absolute Gasteiger partial charge is 0.0910 e. The highest BCUT2D eigenvalue weighted by molar-refractivity contribution is 6.34. The van der Waals surface area contributed by atoms with Gasteiger partial charge in [0.2, 0.25) is 0 Å². The summed E-state index contributed by atoms with van der Waals surface area (Å²) in [6.45, 7) is 5.02. The monoisotopic (exact) mass is 368 g/mol. The zero-order valence-electron chi connectivity index (χ0n) is 13.4. The van der Waals surface area contributed by atoms with E-state index >= 15 is 0 Å². The van der Waals surface area contributed by atoms with Crippen LogP contribution in [0.5, 0.6) is 0 Å². The summed E-state index contributed by atoms with van der Waals surface area (Å²) >= 11 is 18.5. The maximum atomic E-state index is 6.37.